The van der Waals surface area contributed by atoms with Gasteiger partial charge in [-0.2, -0.15) is 0 Å². The average Bonchev–Trinajstić information content (AvgIpc) is 3.04. The number of hydrogen-bond donors (Lipinski definition) is 3. The lowest BCUT2D eigenvalue weighted by Crippen LogP contribution is -2.29. The Bertz CT molecular complexity index is 610. The van der Waals surface area contributed by atoms with E-state index in [-0.39, 0.29) is 0 Å². The first-order chi connectivity index (χ1) is 8.71. The van der Waals surface area contributed by atoms with Gasteiger partial charge in [-0.1, -0.05) is 6.07 Å². The first-order valence-corrected chi connectivity index (χ1v) is 6.23. The molecule has 4 N–H and O–H groups in total. The van der Waals surface area contributed by atoms with Gasteiger partial charge in [0.05, 0.1) is 5.52 Å². The maximum Gasteiger partial charge on any atom is 0.417 e. The van der Waals surface area contributed by atoms with Crippen molar-refractivity contribution in [2.45, 2.75) is 19.4 Å². The highest BCUT2D eigenvalue weighted by atomic mass is 16.4. The predicted molar refractivity (Wildman–Crippen MR) is 69.3 cm³/mol. The SMILES string of the molecule is NCC1(CNCc2ccc3[nH]c(=O)oc3c2)CC1. The highest BCUT2D eigenvalue weighted by Crippen LogP contribution is 2.43. The van der Waals surface area contributed by atoms with Crippen LogP contribution in [0.25, 0.3) is 11.1 Å². The zero-order valence-electron chi connectivity index (χ0n) is 10.2. The number of aromatic nitrogens is 1. The number of nitrogens with one attached hydrogen (secondary N) is 2. The van der Waals surface area contributed by atoms with E-state index in [9.17, 15) is 4.79 Å². The zero-order chi connectivity index (χ0) is 12.6. The summed E-state index contributed by atoms with van der Waals surface area (Å²) in [7, 11) is 0. The van der Waals surface area contributed by atoms with E-state index in [1.807, 2.05) is 18.2 Å². The van der Waals surface area contributed by atoms with Gasteiger partial charge in [0.2, 0.25) is 0 Å². The Labute approximate surface area is 104 Å². The molecule has 1 aliphatic rings. The average molecular weight is 247 g/mol. The van der Waals surface area contributed by atoms with Crippen LogP contribution in [0.1, 0.15) is 18.4 Å². The monoisotopic (exact) mass is 247 g/mol. The summed E-state index contributed by atoms with van der Waals surface area (Å²) in [5, 5.41) is 3.42. The van der Waals surface area contributed by atoms with Crippen LogP contribution in [-0.2, 0) is 6.54 Å². The molecule has 0 unspecified atom stereocenters. The Morgan fingerprint density at radius 3 is 3.00 bits per heavy atom. The van der Waals surface area contributed by atoms with Gasteiger partial charge in [-0.3, -0.25) is 4.98 Å². The molecular weight excluding hydrogens is 230 g/mol. The maximum absolute atomic E-state index is 11.0. The van der Waals surface area contributed by atoms with Crippen LogP contribution in [0, 0.1) is 5.41 Å². The van der Waals surface area contributed by atoms with Crippen molar-refractivity contribution in [1.29, 1.82) is 0 Å². The molecule has 0 saturated heterocycles. The molecule has 0 amide bonds. The van der Waals surface area contributed by atoms with E-state index in [2.05, 4.69) is 10.3 Å². The van der Waals surface area contributed by atoms with E-state index in [4.69, 9.17) is 10.2 Å². The van der Waals surface area contributed by atoms with E-state index in [0.717, 1.165) is 30.7 Å². The quantitative estimate of drug-likeness (QED) is 0.734. The fourth-order valence-corrected chi connectivity index (χ4v) is 2.20. The summed E-state index contributed by atoms with van der Waals surface area (Å²) in [6.07, 6.45) is 2.45. The predicted octanol–water partition coefficient (Wildman–Crippen LogP) is 0.950. The second-order valence-corrected chi connectivity index (χ2v) is 5.15. The topological polar surface area (TPSA) is 84.0 Å². The Balaban J connectivity index is 1.65. The number of H-pyrrole nitrogens is 1. The molecule has 0 atom stereocenters. The van der Waals surface area contributed by atoms with E-state index in [0.29, 0.717) is 11.0 Å². The molecule has 5 heteroatoms. The Morgan fingerprint density at radius 1 is 1.44 bits per heavy atom. The van der Waals surface area contributed by atoms with Gasteiger partial charge in [0.15, 0.2) is 5.58 Å². The van der Waals surface area contributed by atoms with Gasteiger partial charge in [0.25, 0.3) is 0 Å². The number of rotatable bonds is 5. The molecule has 1 heterocycles. The molecule has 0 aliphatic heterocycles. The summed E-state index contributed by atoms with van der Waals surface area (Å²) in [6, 6.07) is 5.75. The van der Waals surface area contributed by atoms with Gasteiger partial charge in [0, 0.05) is 13.1 Å². The highest BCUT2D eigenvalue weighted by molar-refractivity contribution is 5.72. The molecule has 2 aromatic rings. The molecule has 0 radical (unpaired) electrons. The first kappa shape index (κ1) is 11.5. The van der Waals surface area contributed by atoms with Crippen LogP contribution in [0.3, 0.4) is 0 Å². The Hall–Kier alpha value is -1.59. The van der Waals surface area contributed by atoms with Crippen LogP contribution in [0.5, 0.6) is 0 Å². The van der Waals surface area contributed by atoms with Crippen molar-refractivity contribution in [3.05, 3.63) is 34.3 Å². The molecule has 1 fully saturated rings. The molecule has 96 valence electrons. The fraction of sp³-hybridized carbons (Fsp3) is 0.462. The maximum atomic E-state index is 11.0. The van der Waals surface area contributed by atoms with Gasteiger partial charge in [-0.25, -0.2) is 4.79 Å². The van der Waals surface area contributed by atoms with Gasteiger partial charge in [-0.15, -0.1) is 0 Å². The van der Waals surface area contributed by atoms with Crippen molar-refractivity contribution in [2.75, 3.05) is 13.1 Å². The normalized spacial score (nSPS) is 17.2. The molecule has 5 nitrogen and oxygen atoms in total. The lowest BCUT2D eigenvalue weighted by molar-refractivity contribution is 0.467. The largest absolute Gasteiger partial charge is 0.417 e. The number of aromatic amines is 1. The van der Waals surface area contributed by atoms with Crippen molar-refractivity contribution in [3.63, 3.8) is 0 Å². The van der Waals surface area contributed by atoms with Crippen LogP contribution < -0.4 is 16.8 Å². The number of nitrogens with two attached hydrogens (primary N) is 1. The molecule has 0 bridgehead atoms. The molecule has 3 rings (SSSR count). The summed E-state index contributed by atoms with van der Waals surface area (Å²) < 4.78 is 5.03. The van der Waals surface area contributed by atoms with Crippen LogP contribution in [0.2, 0.25) is 0 Å². The number of oxazole rings is 1. The molecule has 1 saturated carbocycles. The second-order valence-electron chi connectivity index (χ2n) is 5.15. The van der Waals surface area contributed by atoms with Gasteiger partial charge < -0.3 is 15.5 Å². The number of fused-ring (bicyclic) bond motifs is 1. The Kier molecular flexibility index (Phi) is 2.72. The van der Waals surface area contributed by atoms with Crippen molar-refractivity contribution >= 4 is 11.1 Å². The second kappa shape index (κ2) is 4.26. The molecule has 1 aromatic carbocycles. The molecule has 18 heavy (non-hydrogen) atoms. The standard InChI is InChI=1S/C13H17N3O2/c14-7-13(3-4-13)8-15-6-9-1-2-10-11(5-9)18-12(17)16-10/h1-2,5,15H,3-4,6-8,14H2,(H,16,17). The highest BCUT2D eigenvalue weighted by Gasteiger charge is 2.40. The van der Waals surface area contributed by atoms with Crippen molar-refractivity contribution in [1.82, 2.24) is 10.3 Å². The van der Waals surface area contributed by atoms with E-state index >= 15 is 0 Å². The minimum atomic E-state index is -0.407. The van der Waals surface area contributed by atoms with Crippen LogP contribution in [-0.4, -0.2) is 18.1 Å². The Morgan fingerprint density at radius 2 is 2.28 bits per heavy atom. The minimum absolute atomic E-state index is 0.338. The lowest BCUT2D eigenvalue weighted by Gasteiger charge is -2.13. The van der Waals surface area contributed by atoms with E-state index in [1.165, 1.54) is 12.8 Å². The van der Waals surface area contributed by atoms with Gasteiger partial charge >= 0.3 is 5.76 Å². The third kappa shape index (κ3) is 2.19. The van der Waals surface area contributed by atoms with Crippen LogP contribution in [0.4, 0.5) is 0 Å². The molecule has 1 aromatic heterocycles. The summed E-state index contributed by atoms with van der Waals surface area (Å²) in [4.78, 5) is 13.7. The number of benzene rings is 1. The van der Waals surface area contributed by atoms with Gasteiger partial charge in [0.1, 0.15) is 0 Å². The minimum Gasteiger partial charge on any atom is -0.408 e. The summed E-state index contributed by atoms with van der Waals surface area (Å²) in [6.45, 7) is 2.48. The summed E-state index contributed by atoms with van der Waals surface area (Å²) in [5.74, 6) is -0.407. The molecule has 1 aliphatic carbocycles. The smallest absolute Gasteiger partial charge is 0.408 e. The zero-order valence-corrected chi connectivity index (χ0v) is 10.2. The van der Waals surface area contributed by atoms with E-state index < -0.39 is 5.76 Å². The first-order valence-electron chi connectivity index (χ1n) is 6.23. The van der Waals surface area contributed by atoms with E-state index in [1.54, 1.807) is 0 Å². The third-order valence-electron chi connectivity index (χ3n) is 3.70. The van der Waals surface area contributed by atoms with Gasteiger partial charge in [-0.05, 0) is 42.5 Å². The lowest BCUT2D eigenvalue weighted by atomic mass is 10.1. The van der Waals surface area contributed by atoms with Crippen molar-refractivity contribution < 1.29 is 4.42 Å². The summed E-state index contributed by atoms with van der Waals surface area (Å²) >= 11 is 0. The third-order valence-corrected chi connectivity index (χ3v) is 3.70. The van der Waals surface area contributed by atoms with Crippen molar-refractivity contribution in [3.8, 4) is 0 Å². The van der Waals surface area contributed by atoms with Crippen LogP contribution >= 0.6 is 0 Å². The molecule has 0 spiro atoms. The summed E-state index contributed by atoms with van der Waals surface area (Å²) in [5.41, 5.74) is 8.53. The molecular formula is C13H17N3O2. The van der Waals surface area contributed by atoms with Crippen molar-refractivity contribution in [2.24, 2.45) is 11.1 Å². The van der Waals surface area contributed by atoms with Crippen LogP contribution in [0.15, 0.2) is 27.4 Å². The number of hydrogen-bond acceptors (Lipinski definition) is 4. The fourth-order valence-electron chi connectivity index (χ4n) is 2.20.